The van der Waals surface area contributed by atoms with E-state index in [4.69, 9.17) is 9.47 Å². The summed E-state index contributed by atoms with van der Waals surface area (Å²) >= 11 is 0. The van der Waals surface area contributed by atoms with E-state index in [0.29, 0.717) is 24.9 Å². The zero-order valence-electron chi connectivity index (χ0n) is 11.8. The largest absolute Gasteiger partial charge is 0.497 e. The first-order valence-electron chi connectivity index (χ1n) is 6.85. The highest BCUT2D eigenvalue weighted by atomic mass is 16.5. The van der Waals surface area contributed by atoms with Crippen LogP contribution in [0.25, 0.3) is 6.08 Å². The van der Waals surface area contributed by atoms with Crippen LogP contribution in [0.1, 0.15) is 5.56 Å². The Morgan fingerprint density at radius 3 is 2.67 bits per heavy atom. The molecule has 0 spiro atoms. The Bertz CT molecular complexity index is 587. The van der Waals surface area contributed by atoms with E-state index < -0.39 is 0 Å². The Kier molecular flexibility index (Phi) is 3.87. The lowest BCUT2D eigenvalue weighted by atomic mass is 10.2. The second-order valence-electron chi connectivity index (χ2n) is 4.79. The summed E-state index contributed by atoms with van der Waals surface area (Å²) in [4.78, 5) is 18.4. The van der Waals surface area contributed by atoms with E-state index in [1.54, 1.807) is 13.2 Å². The van der Waals surface area contributed by atoms with Crippen LogP contribution < -0.4 is 10.1 Å². The van der Waals surface area contributed by atoms with E-state index in [0.717, 1.165) is 24.4 Å². The van der Waals surface area contributed by atoms with Crippen molar-refractivity contribution in [2.24, 2.45) is 4.99 Å². The number of nitrogens with zero attached hydrogens (tertiary/aromatic N) is 2. The number of methoxy groups -OCH3 is 1. The molecule has 0 saturated carbocycles. The van der Waals surface area contributed by atoms with Crippen LogP contribution in [0.5, 0.6) is 5.75 Å². The molecule has 1 aromatic carbocycles. The second kappa shape index (κ2) is 5.97. The molecular formula is C15H17N3O3. The summed E-state index contributed by atoms with van der Waals surface area (Å²) in [6.45, 7) is 2.81. The first-order chi connectivity index (χ1) is 10.3. The van der Waals surface area contributed by atoms with E-state index in [9.17, 15) is 4.79 Å². The zero-order chi connectivity index (χ0) is 14.7. The maximum atomic E-state index is 12.0. The first kappa shape index (κ1) is 13.6. The lowest BCUT2D eigenvalue weighted by Crippen LogP contribution is -2.46. The van der Waals surface area contributed by atoms with Crippen LogP contribution in [-0.4, -0.2) is 50.2 Å². The third-order valence-electron chi connectivity index (χ3n) is 3.41. The third-order valence-corrected chi connectivity index (χ3v) is 3.41. The number of ether oxygens (including phenoxy) is 2. The van der Waals surface area contributed by atoms with Gasteiger partial charge in [0, 0.05) is 13.1 Å². The zero-order valence-corrected chi connectivity index (χ0v) is 11.8. The summed E-state index contributed by atoms with van der Waals surface area (Å²) in [7, 11) is 1.62. The minimum atomic E-state index is -0.174. The van der Waals surface area contributed by atoms with Gasteiger partial charge in [0.2, 0.25) is 5.96 Å². The number of rotatable bonds is 2. The highest BCUT2D eigenvalue weighted by molar-refractivity contribution is 6.13. The number of morpholine rings is 1. The van der Waals surface area contributed by atoms with Crippen molar-refractivity contribution < 1.29 is 14.3 Å². The summed E-state index contributed by atoms with van der Waals surface area (Å²) in [5.41, 5.74) is 1.33. The molecule has 0 bridgehead atoms. The van der Waals surface area contributed by atoms with Gasteiger partial charge in [-0.2, -0.15) is 0 Å². The highest BCUT2D eigenvalue weighted by Crippen LogP contribution is 2.17. The van der Waals surface area contributed by atoms with Gasteiger partial charge >= 0.3 is 0 Å². The predicted octanol–water partition coefficient (Wildman–Crippen LogP) is 0.854. The third kappa shape index (κ3) is 3.05. The molecule has 1 N–H and O–H groups in total. The van der Waals surface area contributed by atoms with E-state index >= 15 is 0 Å². The van der Waals surface area contributed by atoms with Gasteiger partial charge in [-0.25, -0.2) is 4.99 Å². The molecule has 0 radical (unpaired) electrons. The van der Waals surface area contributed by atoms with Gasteiger partial charge in [0.05, 0.1) is 20.3 Å². The molecule has 0 aliphatic carbocycles. The van der Waals surface area contributed by atoms with Gasteiger partial charge in [-0.3, -0.25) is 10.1 Å². The van der Waals surface area contributed by atoms with Crippen LogP contribution in [0.2, 0.25) is 0 Å². The fourth-order valence-electron chi connectivity index (χ4n) is 2.24. The standard InChI is InChI=1S/C15H17N3O3/c1-20-12-4-2-11(3-5-12)10-13-14(19)17-15(16-13)18-6-8-21-9-7-18/h2-5,10H,6-9H2,1H3,(H,16,17,19)/b13-10-. The van der Waals surface area contributed by atoms with Crippen LogP contribution in [0.15, 0.2) is 35.0 Å². The summed E-state index contributed by atoms with van der Waals surface area (Å²) in [5, 5.41) is 2.80. The van der Waals surface area contributed by atoms with Crippen LogP contribution in [0, 0.1) is 0 Å². The van der Waals surface area contributed by atoms with Gasteiger partial charge in [0.15, 0.2) is 0 Å². The SMILES string of the molecule is COc1ccc(/C=C2\N=C(N3CCOCC3)NC2=O)cc1. The predicted molar refractivity (Wildman–Crippen MR) is 78.9 cm³/mol. The van der Waals surface area contributed by atoms with Crippen molar-refractivity contribution in [2.75, 3.05) is 33.4 Å². The number of hydrogen-bond acceptors (Lipinski definition) is 5. The van der Waals surface area contributed by atoms with Crippen molar-refractivity contribution in [1.29, 1.82) is 0 Å². The number of carbonyl (C=O) groups is 1. The molecule has 1 amide bonds. The van der Waals surface area contributed by atoms with Crippen LogP contribution in [0.4, 0.5) is 0 Å². The normalized spacial score (nSPS) is 20.4. The molecule has 6 heteroatoms. The molecule has 6 nitrogen and oxygen atoms in total. The lowest BCUT2D eigenvalue weighted by molar-refractivity contribution is -0.115. The number of hydrogen-bond donors (Lipinski definition) is 1. The molecule has 1 saturated heterocycles. The molecule has 0 atom stereocenters. The lowest BCUT2D eigenvalue weighted by Gasteiger charge is -2.27. The number of aliphatic imine (C=N–C) groups is 1. The van der Waals surface area contributed by atoms with E-state index in [1.165, 1.54) is 0 Å². The van der Waals surface area contributed by atoms with Crippen molar-refractivity contribution in [3.05, 3.63) is 35.5 Å². The molecular weight excluding hydrogens is 270 g/mol. The Labute approximate surface area is 123 Å². The number of amides is 1. The van der Waals surface area contributed by atoms with Gasteiger partial charge in [0.25, 0.3) is 5.91 Å². The summed E-state index contributed by atoms with van der Waals surface area (Å²) < 4.78 is 10.4. The molecule has 0 aromatic heterocycles. The molecule has 110 valence electrons. The molecule has 1 fully saturated rings. The number of nitrogens with one attached hydrogen (secondary N) is 1. The highest BCUT2D eigenvalue weighted by Gasteiger charge is 2.25. The average Bonchev–Trinajstić information content (AvgIpc) is 2.90. The van der Waals surface area contributed by atoms with Crippen molar-refractivity contribution in [2.45, 2.75) is 0 Å². The quantitative estimate of drug-likeness (QED) is 0.819. The van der Waals surface area contributed by atoms with E-state index in [1.807, 2.05) is 29.2 Å². The number of guanidine groups is 1. The fourth-order valence-corrected chi connectivity index (χ4v) is 2.24. The van der Waals surface area contributed by atoms with Gasteiger partial charge < -0.3 is 14.4 Å². The summed E-state index contributed by atoms with van der Waals surface area (Å²) in [6.07, 6.45) is 1.77. The van der Waals surface area contributed by atoms with Crippen molar-refractivity contribution in [1.82, 2.24) is 10.2 Å². The minimum Gasteiger partial charge on any atom is -0.497 e. The molecule has 21 heavy (non-hydrogen) atoms. The van der Waals surface area contributed by atoms with Crippen LogP contribution in [0.3, 0.4) is 0 Å². The number of carbonyl (C=O) groups excluding carboxylic acids is 1. The molecule has 0 unspecified atom stereocenters. The molecule has 2 aliphatic rings. The smallest absolute Gasteiger partial charge is 0.276 e. The summed E-state index contributed by atoms with van der Waals surface area (Å²) in [5.74, 6) is 1.22. The fraction of sp³-hybridized carbons (Fsp3) is 0.333. The van der Waals surface area contributed by atoms with Crippen molar-refractivity contribution in [3.63, 3.8) is 0 Å². The number of benzene rings is 1. The van der Waals surface area contributed by atoms with Crippen LogP contribution >= 0.6 is 0 Å². The minimum absolute atomic E-state index is 0.174. The average molecular weight is 287 g/mol. The molecule has 1 aromatic rings. The molecule has 3 rings (SSSR count). The Morgan fingerprint density at radius 2 is 2.00 bits per heavy atom. The summed E-state index contributed by atoms with van der Waals surface area (Å²) in [6, 6.07) is 7.49. The van der Waals surface area contributed by atoms with E-state index in [2.05, 4.69) is 10.3 Å². The van der Waals surface area contributed by atoms with E-state index in [-0.39, 0.29) is 5.91 Å². The molecule has 2 heterocycles. The van der Waals surface area contributed by atoms with Crippen molar-refractivity contribution >= 4 is 17.9 Å². The van der Waals surface area contributed by atoms with Gasteiger partial charge in [-0.1, -0.05) is 12.1 Å². The Morgan fingerprint density at radius 1 is 1.29 bits per heavy atom. The Balaban J connectivity index is 1.78. The first-order valence-corrected chi connectivity index (χ1v) is 6.85. The topological polar surface area (TPSA) is 63.2 Å². The monoisotopic (exact) mass is 287 g/mol. The second-order valence-corrected chi connectivity index (χ2v) is 4.79. The maximum absolute atomic E-state index is 12.0. The maximum Gasteiger partial charge on any atom is 0.276 e. The van der Waals surface area contributed by atoms with Gasteiger partial charge in [0.1, 0.15) is 11.4 Å². The van der Waals surface area contributed by atoms with Gasteiger partial charge in [-0.15, -0.1) is 0 Å². The molecule has 2 aliphatic heterocycles. The Hall–Kier alpha value is -2.34. The van der Waals surface area contributed by atoms with Crippen molar-refractivity contribution in [3.8, 4) is 5.75 Å². The van der Waals surface area contributed by atoms with Gasteiger partial charge in [-0.05, 0) is 23.8 Å². The van der Waals surface area contributed by atoms with Crippen LogP contribution in [-0.2, 0) is 9.53 Å².